The number of ether oxygens (including phenoxy) is 2. The second-order valence-corrected chi connectivity index (χ2v) is 9.47. The number of rotatable bonds is 6. The van der Waals surface area contributed by atoms with Crippen molar-refractivity contribution in [2.24, 2.45) is 0 Å². The molecule has 0 heterocycles. The first kappa shape index (κ1) is 23.1. The zero-order valence-electron chi connectivity index (χ0n) is 16.8. The molecule has 6 nitrogen and oxygen atoms in total. The Labute approximate surface area is 203 Å². The van der Waals surface area contributed by atoms with Crippen LogP contribution in [0.25, 0.3) is 0 Å². The molecule has 2 aromatic carbocycles. The summed E-state index contributed by atoms with van der Waals surface area (Å²) in [4.78, 5) is 25.6. The maximum Gasteiger partial charge on any atom is 0.251 e. The molecule has 0 aromatic heterocycles. The number of hydrogen-bond acceptors (Lipinski definition) is 4. The smallest absolute Gasteiger partial charge is 0.251 e. The molecular weight excluding hydrogens is 610 g/mol. The van der Waals surface area contributed by atoms with Crippen molar-refractivity contribution in [2.45, 2.75) is 37.8 Å². The summed E-state index contributed by atoms with van der Waals surface area (Å²) in [5.74, 6) is 1.20. The van der Waals surface area contributed by atoms with Crippen LogP contribution in [-0.4, -0.2) is 38.1 Å². The lowest BCUT2D eigenvalue weighted by atomic mass is 9.89. The van der Waals surface area contributed by atoms with Crippen molar-refractivity contribution in [2.75, 3.05) is 14.2 Å². The molecule has 2 aromatic rings. The van der Waals surface area contributed by atoms with Crippen LogP contribution in [0.1, 0.15) is 46.4 Å². The monoisotopic (exact) mass is 634 g/mol. The standard InChI is InChI=1S/C22H24I2N2O4/c1-29-19-9-7-13(11-15(19)23)21(27)25-17-5-3-4-6-18(17)26-22(28)14-8-10-20(30-2)16(24)12-14/h7-12,17-18H,3-6H2,1-2H3,(H,25,27)(H,26,28)/t17-,18-/m1/s1. The van der Waals surface area contributed by atoms with E-state index in [0.717, 1.165) is 44.3 Å². The quantitative estimate of drug-likeness (QED) is 0.463. The van der Waals surface area contributed by atoms with Crippen LogP contribution in [0.4, 0.5) is 0 Å². The van der Waals surface area contributed by atoms with Crippen molar-refractivity contribution in [1.82, 2.24) is 10.6 Å². The summed E-state index contributed by atoms with van der Waals surface area (Å²) < 4.78 is 12.3. The minimum Gasteiger partial charge on any atom is -0.496 e. The van der Waals surface area contributed by atoms with Gasteiger partial charge in [0.15, 0.2) is 0 Å². The number of carbonyl (C=O) groups is 2. The van der Waals surface area contributed by atoms with Crippen molar-refractivity contribution in [1.29, 1.82) is 0 Å². The van der Waals surface area contributed by atoms with E-state index in [0.29, 0.717) is 11.1 Å². The third kappa shape index (κ3) is 5.57. The summed E-state index contributed by atoms with van der Waals surface area (Å²) in [5, 5.41) is 6.23. The van der Waals surface area contributed by atoms with E-state index in [4.69, 9.17) is 9.47 Å². The Balaban J connectivity index is 1.68. The molecule has 1 fully saturated rings. The molecule has 0 saturated heterocycles. The molecule has 1 saturated carbocycles. The van der Waals surface area contributed by atoms with Crippen LogP contribution in [-0.2, 0) is 0 Å². The van der Waals surface area contributed by atoms with Gasteiger partial charge in [-0.1, -0.05) is 12.8 Å². The van der Waals surface area contributed by atoms with Gasteiger partial charge in [0.2, 0.25) is 0 Å². The van der Waals surface area contributed by atoms with E-state index in [1.54, 1.807) is 38.5 Å². The highest BCUT2D eigenvalue weighted by molar-refractivity contribution is 14.1. The first-order valence-corrected chi connectivity index (χ1v) is 11.9. The van der Waals surface area contributed by atoms with Gasteiger partial charge in [0.25, 0.3) is 11.8 Å². The molecule has 0 spiro atoms. The Hall–Kier alpha value is -1.56. The first-order chi connectivity index (χ1) is 14.4. The highest BCUT2D eigenvalue weighted by Gasteiger charge is 2.28. The molecule has 1 aliphatic rings. The third-order valence-corrected chi connectivity index (χ3v) is 6.91. The molecule has 1 aliphatic carbocycles. The van der Waals surface area contributed by atoms with Crippen molar-refractivity contribution < 1.29 is 19.1 Å². The first-order valence-electron chi connectivity index (χ1n) is 9.71. The minimum absolute atomic E-state index is 0.104. The van der Waals surface area contributed by atoms with Gasteiger partial charge < -0.3 is 20.1 Å². The summed E-state index contributed by atoms with van der Waals surface area (Å²) in [6.07, 6.45) is 3.73. The van der Waals surface area contributed by atoms with E-state index in [1.165, 1.54) is 0 Å². The lowest BCUT2D eigenvalue weighted by Gasteiger charge is -2.33. The fourth-order valence-electron chi connectivity index (χ4n) is 3.60. The molecule has 0 radical (unpaired) electrons. The average molecular weight is 634 g/mol. The molecule has 0 bridgehead atoms. The molecule has 0 aliphatic heterocycles. The topological polar surface area (TPSA) is 76.7 Å². The fraction of sp³-hybridized carbons (Fsp3) is 0.364. The highest BCUT2D eigenvalue weighted by atomic mass is 127. The van der Waals surface area contributed by atoms with Crippen molar-refractivity contribution in [3.05, 3.63) is 54.7 Å². The Morgan fingerprint density at radius 3 is 1.53 bits per heavy atom. The molecule has 160 valence electrons. The van der Waals surface area contributed by atoms with E-state index in [2.05, 4.69) is 55.8 Å². The molecule has 2 atom stereocenters. The van der Waals surface area contributed by atoms with E-state index >= 15 is 0 Å². The van der Waals surface area contributed by atoms with Crippen LogP contribution >= 0.6 is 45.2 Å². The predicted molar refractivity (Wildman–Crippen MR) is 132 cm³/mol. The SMILES string of the molecule is COc1ccc(C(=O)N[C@@H]2CCCC[C@H]2NC(=O)c2ccc(OC)c(I)c2)cc1I. The van der Waals surface area contributed by atoms with Crippen molar-refractivity contribution in [3.63, 3.8) is 0 Å². The van der Waals surface area contributed by atoms with Crippen LogP contribution < -0.4 is 20.1 Å². The van der Waals surface area contributed by atoms with Gasteiger partial charge in [-0.3, -0.25) is 9.59 Å². The van der Waals surface area contributed by atoms with Gasteiger partial charge in [-0.25, -0.2) is 0 Å². The van der Waals surface area contributed by atoms with Gasteiger partial charge in [-0.15, -0.1) is 0 Å². The minimum atomic E-state index is -0.138. The summed E-state index contributed by atoms with van der Waals surface area (Å²) in [5.41, 5.74) is 1.17. The van der Waals surface area contributed by atoms with E-state index in [9.17, 15) is 9.59 Å². The zero-order chi connectivity index (χ0) is 21.7. The second-order valence-electron chi connectivity index (χ2n) is 7.14. The van der Waals surface area contributed by atoms with Gasteiger partial charge in [0.05, 0.1) is 21.4 Å². The van der Waals surface area contributed by atoms with Gasteiger partial charge >= 0.3 is 0 Å². The third-order valence-electron chi connectivity index (χ3n) is 5.23. The van der Waals surface area contributed by atoms with Crippen molar-refractivity contribution >= 4 is 57.0 Å². The summed E-state index contributed by atoms with van der Waals surface area (Å²) in [7, 11) is 3.22. The normalized spacial score (nSPS) is 18.4. The Morgan fingerprint density at radius 1 is 0.800 bits per heavy atom. The number of hydrogen-bond donors (Lipinski definition) is 2. The molecule has 8 heteroatoms. The summed E-state index contributed by atoms with van der Waals surface area (Å²) >= 11 is 4.31. The fourth-order valence-corrected chi connectivity index (χ4v) is 5.07. The average Bonchev–Trinajstić information content (AvgIpc) is 2.74. The molecular formula is C22H24I2N2O4. The molecule has 2 N–H and O–H groups in total. The largest absolute Gasteiger partial charge is 0.496 e. The Morgan fingerprint density at radius 2 is 1.20 bits per heavy atom. The van der Waals surface area contributed by atoms with Crippen LogP contribution in [0.3, 0.4) is 0 Å². The molecule has 3 rings (SSSR count). The lowest BCUT2D eigenvalue weighted by Crippen LogP contribution is -2.53. The molecule has 0 unspecified atom stereocenters. The number of carbonyl (C=O) groups excluding carboxylic acids is 2. The van der Waals surface area contributed by atoms with Crippen LogP contribution in [0, 0.1) is 7.14 Å². The number of benzene rings is 2. The number of halogens is 2. The lowest BCUT2D eigenvalue weighted by molar-refractivity contribution is 0.0862. The van der Waals surface area contributed by atoms with E-state index < -0.39 is 0 Å². The number of nitrogens with one attached hydrogen (secondary N) is 2. The maximum atomic E-state index is 12.8. The van der Waals surface area contributed by atoms with Gasteiger partial charge in [-0.05, 0) is 94.4 Å². The van der Waals surface area contributed by atoms with Gasteiger partial charge in [-0.2, -0.15) is 0 Å². The van der Waals surface area contributed by atoms with Crippen LogP contribution in [0.2, 0.25) is 0 Å². The molecule has 30 heavy (non-hydrogen) atoms. The second kappa shape index (κ2) is 10.7. The van der Waals surface area contributed by atoms with Crippen LogP contribution in [0.15, 0.2) is 36.4 Å². The van der Waals surface area contributed by atoms with Gasteiger partial charge in [0.1, 0.15) is 11.5 Å². The van der Waals surface area contributed by atoms with Crippen LogP contribution in [0.5, 0.6) is 11.5 Å². The molecule has 2 amide bonds. The highest BCUT2D eigenvalue weighted by Crippen LogP contribution is 2.24. The predicted octanol–water partition coefficient (Wildman–Crippen LogP) is 4.38. The zero-order valence-corrected chi connectivity index (χ0v) is 21.2. The number of methoxy groups -OCH3 is 2. The van der Waals surface area contributed by atoms with E-state index in [-0.39, 0.29) is 23.9 Å². The van der Waals surface area contributed by atoms with E-state index in [1.807, 2.05) is 12.1 Å². The number of amides is 2. The summed E-state index contributed by atoms with van der Waals surface area (Å²) in [6, 6.07) is 10.5. The summed E-state index contributed by atoms with van der Waals surface area (Å²) in [6.45, 7) is 0. The Kier molecular flexibility index (Phi) is 8.20. The maximum absolute atomic E-state index is 12.8. The van der Waals surface area contributed by atoms with Crippen molar-refractivity contribution in [3.8, 4) is 11.5 Å². The Bertz CT molecular complexity index is 860. The van der Waals surface area contributed by atoms with Gasteiger partial charge in [0, 0.05) is 23.2 Å².